The van der Waals surface area contributed by atoms with Crippen LogP contribution in [0.1, 0.15) is 11.6 Å². The van der Waals surface area contributed by atoms with Gasteiger partial charge in [-0.3, -0.25) is 0 Å². The van der Waals surface area contributed by atoms with Gasteiger partial charge >= 0.3 is 6.36 Å². The van der Waals surface area contributed by atoms with Crippen LogP contribution < -0.4 is 10.5 Å². The minimum atomic E-state index is -4.68. The summed E-state index contributed by atoms with van der Waals surface area (Å²) in [5, 5.41) is 0. The molecule has 2 nitrogen and oxygen atoms in total. The van der Waals surface area contributed by atoms with Crippen molar-refractivity contribution in [2.45, 2.75) is 12.4 Å². The van der Waals surface area contributed by atoms with Crippen LogP contribution in [0.15, 0.2) is 24.3 Å². The van der Waals surface area contributed by atoms with Crippen molar-refractivity contribution in [1.29, 1.82) is 0 Å². The summed E-state index contributed by atoms with van der Waals surface area (Å²) in [6.45, 7) is 0. The molecule has 1 rings (SSSR count). The average molecular weight is 237 g/mol. The van der Waals surface area contributed by atoms with E-state index in [0.29, 0.717) is 11.3 Å². The van der Waals surface area contributed by atoms with Crippen molar-refractivity contribution in [2.75, 3.05) is 5.75 Å². The molecule has 0 saturated carbocycles. The molecule has 84 valence electrons. The number of hydrogen-bond donors (Lipinski definition) is 2. The molecule has 0 spiro atoms. The number of halogens is 3. The molecule has 0 fully saturated rings. The van der Waals surface area contributed by atoms with E-state index in [2.05, 4.69) is 17.4 Å². The number of rotatable bonds is 3. The molecule has 0 radical (unpaired) electrons. The van der Waals surface area contributed by atoms with E-state index in [4.69, 9.17) is 5.73 Å². The molecule has 1 atom stereocenters. The van der Waals surface area contributed by atoms with E-state index in [0.717, 1.165) is 0 Å². The highest BCUT2D eigenvalue weighted by molar-refractivity contribution is 7.80. The second-order valence-electron chi connectivity index (χ2n) is 2.91. The van der Waals surface area contributed by atoms with Crippen molar-refractivity contribution in [2.24, 2.45) is 5.73 Å². The van der Waals surface area contributed by atoms with Crippen LogP contribution >= 0.6 is 12.6 Å². The monoisotopic (exact) mass is 237 g/mol. The molecule has 1 unspecified atom stereocenters. The summed E-state index contributed by atoms with van der Waals surface area (Å²) in [6.07, 6.45) is -4.68. The average Bonchev–Trinajstić information content (AvgIpc) is 2.14. The van der Waals surface area contributed by atoms with E-state index in [-0.39, 0.29) is 5.75 Å². The van der Waals surface area contributed by atoms with Crippen molar-refractivity contribution >= 4 is 12.6 Å². The van der Waals surface area contributed by atoms with Gasteiger partial charge < -0.3 is 10.5 Å². The van der Waals surface area contributed by atoms with E-state index in [9.17, 15) is 13.2 Å². The van der Waals surface area contributed by atoms with Gasteiger partial charge in [-0.25, -0.2) is 0 Å². The molecule has 0 aromatic heterocycles. The zero-order valence-corrected chi connectivity index (χ0v) is 8.55. The molecule has 0 aliphatic carbocycles. The summed E-state index contributed by atoms with van der Waals surface area (Å²) in [4.78, 5) is 0. The zero-order chi connectivity index (χ0) is 11.5. The van der Waals surface area contributed by atoms with Gasteiger partial charge in [-0.05, 0) is 17.7 Å². The van der Waals surface area contributed by atoms with Crippen molar-refractivity contribution in [3.8, 4) is 5.75 Å². The Morgan fingerprint density at radius 1 is 1.40 bits per heavy atom. The number of nitrogens with two attached hydrogens (primary N) is 1. The molecule has 1 aromatic carbocycles. The lowest BCUT2D eigenvalue weighted by Gasteiger charge is -2.12. The van der Waals surface area contributed by atoms with Gasteiger partial charge in [-0.15, -0.1) is 13.2 Å². The third kappa shape index (κ3) is 4.01. The number of benzene rings is 1. The van der Waals surface area contributed by atoms with Gasteiger partial charge in [0.15, 0.2) is 0 Å². The van der Waals surface area contributed by atoms with Crippen molar-refractivity contribution in [3.05, 3.63) is 29.8 Å². The fraction of sp³-hybridized carbons (Fsp3) is 0.333. The lowest BCUT2D eigenvalue weighted by molar-refractivity contribution is -0.274. The van der Waals surface area contributed by atoms with Crippen LogP contribution in [0, 0.1) is 0 Å². The maximum Gasteiger partial charge on any atom is 0.573 e. The Labute approximate surface area is 90.6 Å². The van der Waals surface area contributed by atoms with Crippen molar-refractivity contribution in [1.82, 2.24) is 0 Å². The van der Waals surface area contributed by atoms with Crippen LogP contribution in [0.4, 0.5) is 13.2 Å². The molecule has 2 N–H and O–H groups in total. The van der Waals surface area contributed by atoms with E-state index in [1.807, 2.05) is 0 Å². The Bertz CT molecular complexity index is 329. The van der Waals surface area contributed by atoms with E-state index in [1.165, 1.54) is 18.2 Å². The van der Waals surface area contributed by atoms with E-state index in [1.54, 1.807) is 6.07 Å². The molecule has 0 heterocycles. The maximum atomic E-state index is 11.9. The topological polar surface area (TPSA) is 35.2 Å². The maximum absolute atomic E-state index is 11.9. The Morgan fingerprint density at radius 3 is 2.60 bits per heavy atom. The number of thiol groups is 1. The second kappa shape index (κ2) is 4.76. The molecule has 1 aromatic rings. The van der Waals surface area contributed by atoms with Crippen LogP contribution in [-0.4, -0.2) is 12.1 Å². The summed E-state index contributed by atoms with van der Waals surface area (Å²) >= 11 is 3.96. The lowest BCUT2D eigenvalue weighted by Crippen LogP contribution is -2.18. The highest BCUT2D eigenvalue weighted by Crippen LogP contribution is 2.25. The number of alkyl halides is 3. The quantitative estimate of drug-likeness (QED) is 0.792. The molecule has 0 saturated heterocycles. The third-order valence-electron chi connectivity index (χ3n) is 1.72. The highest BCUT2D eigenvalue weighted by Gasteiger charge is 2.31. The molecule has 0 amide bonds. The predicted molar refractivity (Wildman–Crippen MR) is 53.9 cm³/mol. The van der Waals surface area contributed by atoms with Gasteiger partial charge in [0.2, 0.25) is 0 Å². The fourth-order valence-electron chi connectivity index (χ4n) is 1.05. The Balaban J connectivity index is 2.83. The third-order valence-corrected chi connectivity index (χ3v) is 2.11. The SMILES string of the molecule is NC(CS)c1cccc(OC(F)(F)F)c1. The smallest absolute Gasteiger partial charge is 0.406 e. The normalized spacial score (nSPS) is 13.7. The largest absolute Gasteiger partial charge is 0.573 e. The second-order valence-corrected chi connectivity index (χ2v) is 3.27. The summed E-state index contributed by atoms with van der Waals surface area (Å²) in [6, 6.07) is 5.17. The minimum Gasteiger partial charge on any atom is -0.406 e. The number of hydrogen-bond acceptors (Lipinski definition) is 3. The summed E-state index contributed by atoms with van der Waals surface area (Å²) < 4.78 is 39.4. The van der Waals surface area contributed by atoms with Crippen LogP contribution in [-0.2, 0) is 0 Å². The lowest BCUT2D eigenvalue weighted by atomic mass is 10.1. The standard InChI is InChI=1S/C9H10F3NOS/c10-9(11,12)14-7-3-1-2-6(4-7)8(13)5-15/h1-4,8,15H,5,13H2. The Morgan fingerprint density at radius 2 is 2.07 bits per heavy atom. The van der Waals surface area contributed by atoms with Gasteiger partial charge in [0.1, 0.15) is 5.75 Å². The van der Waals surface area contributed by atoms with Crippen LogP contribution in [0.3, 0.4) is 0 Å². The first kappa shape index (κ1) is 12.2. The first-order chi connectivity index (χ1) is 6.92. The fourth-order valence-corrected chi connectivity index (χ4v) is 1.26. The van der Waals surface area contributed by atoms with E-state index < -0.39 is 12.4 Å². The summed E-state index contributed by atoms with van der Waals surface area (Å²) in [5.41, 5.74) is 6.18. The van der Waals surface area contributed by atoms with Gasteiger partial charge in [0.25, 0.3) is 0 Å². The summed E-state index contributed by atoms with van der Waals surface area (Å²) in [7, 11) is 0. The molecular weight excluding hydrogens is 227 g/mol. The molecule has 0 aliphatic heterocycles. The van der Waals surface area contributed by atoms with Gasteiger partial charge in [0.05, 0.1) is 0 Å². The van der Waals surface area contributed by atoms with Crippen LogP contribution in [0.5, 0.6) is 5.75 Å². The van der Waals surface area contributed by atoms with E-state index >= 15 is 0 Å². The Hall–Kier alpha value is -0.880. The molecule has 0 bridgehead atoms. The first-order valence-electron chi connectivity index (χ1n) is 4.14. The summed E-state index contributed by atoms with van der Waals surface area (Å²) in [5.74, 6) is 0.0902. The first-order valence-corrected chi connectivity index (χ1v) is 4.78. The zero-order valence-electron chi connectivity index (χ0n) is 7.66. The van der Waals surface area contributed by atoms with Crippen molar-refractivity contribution in [3.63, 3.8) is 0 Å². The van der Waals surface area contributed by atoms with Crippen molar-refractivity contribution < 1.29 is 17.9 Å². The Kier molecular flexibility index (Phi) is 3.87. The van der Waals surface area contributed by atoms with Gasteiger partial charge in [0, 0.05) is 11.8 Å². The highest BCUT2D eigenvalue weighted by atomic mass is 32.1. The van der Waals surface area contributed by atoms with Gasteiger partial charge in [-0.2, -0.15) is 12.6 Å². The molecule has 15 heavy (non-hydrogen) atoms. The van der Waals surface area contributed by atoms with Crippen LogP contribution in [0.25, 0.3) is 0 Å². The molecule has 0 aliphatic rings. The molecular formula is C9H10F3NOS. The van der Waals surface area contributed by atoms with Crippen LogP contribution in [0.2, 0.25) is 0 Å². The minimum absolute atomic E-state index is 0.266. The molecule has 6 heteroatoms. The number of ether oxygens (including phenoxy) is 1. The van der Waals surface area contributed by atoms with Gasteiger partial charge in [-0.1, -0.05) is 12.1 Å². The predicted octanol–water partition coefficient (Wildman–Crippen LogP) is 2.51.